The number of allylic oxidation sites excluding steroid dienone is 1. The molecule has 0 radical (unpaired) electrons. The largest absolute Gasteiger partial charge is 0.493 e. The zero-order chi connectivity index (χ0) is 15.9. The second-order valence-corrected chi connectivity index (χ2v) is 4.45. The summed E-state index contributed by atoms with van der Waals surface area (Å²) in [6.45, 7) is 2.40. The number of rotatable bonds is 5. The van der Waals surface area contributed by atoms with Crippen molar-refractivity contribution >= 4 is 17.3 Å². The number of hydrogen-bond acceptors (Lipinski definition) is 4. The first kappa shape index (κ1) is 15.3. The van der Waals surface area contributed by atoms with Crippen LogP contribution < -0.4 is 4.74 Å². The van der Waals surface area contributed by atoms with Crippen molar-refractivity contribution in [1.29, 1.82) is 5.26 Å². The summed E-state index contributed by atoms with van der Waals surface area (Å²) in [6, 6.07) is 15.4. The highest BCUT2D eigenvalue weighted by molar-refractivity contribution is 5.91. The summed E-state index contributed by atoms with van der Waals surface area (Å²) in [5.41, 5.74) is 1.56. The van der Waals surface area contributed by atoms with Crippen LogP contribution in [0, 0.1) is 21.4 Å². The molecule has 0 fully saturated rings. The molecule has 0 saturated carbocycles. The molecule has 2 rings (SSSR count). The Balaban J connectivity index is 2.47. The fourth-order valence-electron chi connectivity index (χ4n) is 2.01. The van der Waals surface area contributed by atoms with Gasteiger partial charge in [0.25, 0.3) is 5.69 Å². The molecule has 0 saturated heterocycles. The normalized spacial score (nSPS) is 10.8. The average molecular weight is 294 g/mol. The van der Waals surface area contributed by atoms with Crippen LogP contribution >= 0.6 is 0 Å². The van der Waals surface area contributed by atoms with Gasteiger partial charge >= 0.3 is 0 Å². The number of benzene rings is 2. The molecule has 2 aromatic rings. The van der Waals surface area contributed by atoms with E-state index in [0.29, 0.717) is 23.5 Å². The molecule has 0 N–H and O–H groups in total. The lowest BCUT2D eigenvalue weighted by Crippen LogP contribution is -1.94. The van der Waals surface area contributed by atoms with Gasteiger partial charge in [-0.3, -0.25) is 10.1 Å². The molecule has 0 atom stereocenters. The minimum atomic E-state index is -0.480. The van der Waals surface area contributed by atoms with Crippen molar-refractivity contribution in [3.63, 3.8) is 0 Å². The molecule has 0 aliphatic heterocycles. The van der Waals surface area contributed by atoms with Gasteiger partial charge in [0.05, 0.1) is 23.2 Å². The van der Waals surface area contributed by atoms with Crippen molar-refractivity contribution in [1.82, 2.24) is 0 Å². The molecule has 22 heavy (non-hydrogen) atoms. The molecule has 0 aliphatic carbocycles. The summed E-state index contributed by atoms with van der Waals surface area (Å²) in [4.78, 5) is 10.4. The van der Waals surface area contributed by atoms with Gasteiger partial charge in [0.1, 0.15) is 5.75 Å². The summed E-state index contributed by atoms with van der Waals surface area (Å²) in [5.74, 6) is 0.670. The van der Waals surface area contributed by atoms with Gasteiger partial charge in [-0.15, -0.1) is 0 Å². The van der Waals surface area contributed by atoms with Gasteiger partial charge in [-0.05, 0) is 24.6 Å². The molecular formula is C17H14N2O3. The quantitative estimate of drug-likeness (QED) is 0.360. The Labute approximate surface area is 128 Å². The average Bonchev–Trinajstić information content (AvgIpc) is 2.54. The van der Waals surface area contributed by atoms with Crippen molar-refractivity contribution in [2.45, 2.75) is 6.92 Å². The van der Waals surface area contributed by atoms with E-state index < -0.39 is 4.92 Å². The molecule has 110 valence electrons. The lowest BCUT2D eigenvalue weighted by molar-refractivity contribution is -0.384. The molecule has 5 nitrogen and oxygen atoms in total. The zero-order valence-corrected chi connectivity index (χ0v) is 12.0. The Kier molecular flexibility index (Phi) is 4.89. The topological polar surface area (TPSA) is 76.2 Å². The Morgan fingerprint density at radius 3 is 2.77 bits per heavy atom. The number of nitro benzene ring substituents is 1. The molecule has 0 spiro atoms. The van der Waals surface area contributed by atoms with Crippen LogP contribution in [0.2, 0.25) is 0 Å². The number of nitriles is 1. The van der Waals surface area contributed by atoms with Crippen LogP contribution in [0.15, 0.2) is 48.5 Å². The summed E-state index contributed by atoms with van der Waals surface area (Å²) < 4.78 is 5.52. The third kappa shape index (κ3) is 3.49. The molecule has 0 aromatic heterocycles. The van der Waals surface area contributed by atoms with Crippen LogP contribution in [0.1, 0.15) is 18.1 Å². The summed E-state index contributed by atoms with van der Waals surface area (Å²) in [6.07, 6.45) is 1.67. The lowest BCUT2D eigenvalue weighted by atomic mass is 10.0. The Morgan fingerprint density at radius 1 is 1.32 bits per heavy atom. The van der Waals surface area contributed by atoms with Crippen molar-refractivity contribution in [2.75, 3.05) is 6.61 Å². The molecule has 0 amide bonds. The van der Waals surface area contributed by atoms with Crippen LogP contribution in [0.5, 0.6) is 5.75 Å². The number of hydrogen-bond donors (Lipinski definition) is 0. The third-order valence-electron chi connectivity index (χ3n) is 3.01. The van der Waals surface area contributed by atoms with Gasteiger partial charge in [-0.2, -0.15) is 5.26 Å². The number of nitro groups is 1. The Bertz CT molecular complexity index is 760. The highest BCUT2D eigenvalue weighted by Gasteiger charge is 2.10. The zero-order valence-electron chi connectivity index (χ0n) is 12.0. The molecule has 5 heteroatoms. The fourth-order valence-corrected chi connectivity index (χ4v) is 2.01. The van der Waals surface area contributed by atoms with Crippen molar-refractivity contribution in [2.24, 2.45) is 0 Å². The highest BCUT2D eigenvalue weighted by atomic mass is 16.6. The molecular weight excluding hydrogens is 280 g/mol. The Morgan fingerprint density at radius 2 is 2.09 bits per heavy atom. The van der Waals surface area contributed by atoms with Crippen LogP contribution in [0.3, 0.4) is 0 Å². The van der Waals surface area contributed by atoms with Gasteiger partial charge in [-0.25, -0.2) is 0 Å². The van der Waals surface area contributed by atoms with E-state index in [4.69, 9.17) is 4.74 Å². The summed E-state index contributed by atoms with van der Waals surface area (Å²) in [7, 11) is 0. The van der Waals surface area contributed by atoms with Crippen molar-refractivity contribution in [3.05, 3.63) is 69.8 Å². The standard InChI is InChI=1S/C17H14N2O3/c1-2-22-17-9-4-3-6-14(17)10-15(12-18)13-7-5-8-16(11-13)19(20)21/h3-11H,2H2,1H3/b15-10-. The third-order valence-corrected chi connectivity index (χ3v) is 3.01. The molecule has 0 unspecified atom stereocenters. The molecule has 2 aromatic carbocycles. The molecule has 0 bridgehead atoms. The highest BCUT2D eigenvalue weighted by Crippen LogP contribution is 2.26. The SMILES string of the molecule is CCOc1ccccc1/C=C(/C#N)c1cccc([N+](=O)[O-])c1. The summed E-state index contributed by atoms with van der Waals surface area (Å²) in [5, 5.41) is 20.2. The second-order valence-electron chi connectivity index (χ2n) is 4.45. The van der Waals surface area contributed by atoms with Crippen LogP contribution in [0.4, 0.5) is 5.69 Å². The van der Waals surface area contributed by atoms with E-state index in [1.165, 1.54) is 12.1 Å². The lowest BCUT2D eigenvalue weighted by Gasteiger charge is -2.07. The number of para-hydroxylation sites is 1. The van der Waals surface area contributed by atoms with E-state index in [0.717, 1.165) is 5.56 Å². The number of nitrogens with zero attached hydrogens (tertiary/aromatic N) is 2. The number of non-ortho nitro benzene ring substituents is 1. The van der Waals surface area contributed by atoms with E-state index in [2.05, 4.69) is 6.07 Å². The predicted octanol–water partition coefficient (Wildman–Crippen LogP) is 4.06. The first-order valence-electron chi connectivity index (χ1n) is 6.74. The van der Waals surface area contributed by atoms with Gasteiger partial charge in [0.2, 0.25) is 0 Å². The van der Waals surface area contributed by atoms with Gasteiger partial charge in [0, 0.05) is 17.7 Å². The van der Waals surface area contributed by atoms with Gasteiger partial charge < -0.3 is 4.74 Å². The minimum absolute atomic E-state index is 0.0447. The van der Waals surface area contributed by atoms with Crippen LogP contribution in [-0.4, -0.2) is 11.5 Å². The van der Waals surface area contributed by atoms with Crippen molar-refractivity contribution in [3.8, 4) is 11.8 Å². The Hall–Kier alpha value is -3.13. The van der Waals surface area contributed by atoms with Crippen LogP contribution in [-0.2, 0) is 0 Å². The van der Waals surface area contributed by atoms with Gasteiger partial charge in [0.15, 0.2) is 0 Å². The molecule has 0 aliphatic rings. The second kappa shape index (κ2) is 7.04. The van der Waals surface area contributed by atoms with Crippen LogP contribution in [0.25, 0.3) is 11.6 Å². The minimum Gasteiger partial charge on any atom is -0.493 e. The van der Waals surface area contributed by atoms with E-state index in [9.17, 15) is 15.4 Å². The monoisotopic (exact) mass is 294 g/mol. The first-order chi connectivity index (χ1) is 10.7. The van der Waals surface area contributed by atoms with Crippen molar-refractivity contribution < 1.29 is 9.66 Å². The van der Waals surface area contributed by atoms with E-state index in [1.54, 1.807) is 18.2 Å². The fraction of sp³-hybridized carbons (Fsp3) is 0.118. The maximum absolute atomic E-state index is 10.8. The van der Waals surface area contributed by atoms with E-state index >= 15 is 0 Å². The van der Waals surface area contributed by atoms with E-state index in [1.807, 2.05) is 31.2 Å². The maximum Gasteiger partial charge on any atom is 0.270 e. The predicted molar refractivity (Wildman–Crippen MR) is 84.2 cm³/mol. The number of ether oxygens (including phenoxy) is 1. The first-order valence-corrected chi connectivity index (χ1v) is 6.74. The maximum atomic E-state index is 10.8. The van der Waals surface area contributed by atoms with E-state index in [-0.39, 0.29) is 5.69 Å². The smallest absolute Gasteiger partial charge is 0.270 e. The molecule has 0 heterocycles. The summed E-state index contributed by atoms with van der Waals surface area (Å²) >= 11 is 0. The van der Waals surface area contributed by atoms with Gasteiger partial charge in [-0.1, -0.05) is 30.3 Å².